The van der Waals surface area contributed by atoms with Gasteiger partial charge in [-0.25, -0.2) is 0 Å². The van der Waals surface area contributed by atoms with Crippen molar-refractivity contribution in [3.63, 3.8) is 0 Å². The predicted molar refractivity (Wildman–Crippen MR) is 62.3 cm³/mol. The van der Waals surface area contributed by atoms with Gasteiger partial charge in [0.25, 0.3) is 0 Å². The second-order valence-electron chi connectivity index (χ2n) is 4.68. The maximum absolute atomic E-state index is 5.91. The molecule has 0 aromatic heterocycles. The van der Waals surface area contributed by atoms with Crippen LogP contribution in [0.5, 0.6) is 5.75 Å². The fraction of sp³-hybridized carbons (Fsp3) is 0.538. The molecule has 0 fully saturated rings. The molecule has 15 heavy (non-hydrogen) atoms. The highest BCUT2D eigenvalue weighted by atomic mass is 16.5. The second kappa shape index (κ2) is 3.86. The molecule has 1 aliphatic rings. The molecule has 1 aromatic rings. The van der Waals surface area contributed by atoms with E-state index in [4.69, 9.17) is 10.5 Å². The average molecular weight is 205 g/mol. The van der Waals surface area contributed by atoms with Gasteiger partial charge < -0.3 is 10.5 Å². The minimum Gasteiger partial charge on any atom is -0.493 e. The number of fused-ring (bicyclic) bond motifs is 1. The van der Waals surface area contributed by atoms with Crippen LogP contribution in [0.3, 0.4) is 0 Å². The van der Waals surface area contributed by atoms with Crippen LogP contribution >= 0.6 is 0 Å². The monoisotopic (exact) mass is 205 g/mol. The van der Waals surface area contributed by atoms with Gasteiger partial charge in [0.05, 0.1) is 6.61 Å². The van der Waals surface area contributed by atoms with E-state index in [2.05, 4.69) is 32.9 Å². The first kappa shape index (κ1) is 10.5. The number of ether oxygens (including phenoxy) is 1. The largest absolute Gasteiger partial charge is 0.493 e. The molecule has 0 saturated heterocycles. The quantitative estimate of drug-likeness (QED) is 0.763. The van der Waals surface area contributed by atoms with Gasteiger partial charge in [0.15, 0.2) is 0 Å². The molecule has 2 nitrogen and oxygen atoms in total. The molecule has 1 aliphatic heterocycles. The molecule has 1 unspecified atom stereocenters. The third-order valence-corrected chi connectivity index (χ3v) is 3.36. The number of aryl methyl sites for hydroxylation is 2. The fourth-order valence-corrected chi connectivity index (χ4v) is 2.02. The average Bonchev–Trinajstić information content (AvgIpc) is 2.19. The lowest BCUT2D eigenvalue weighted by Crippen LogP contribution is -2.35. The Labute approximate surface area is 91.4 Å². The molecule has 0 bridgehead atoms. The lowest BCUT2D eigenvalue weighted by atomic mass is 9.90. The number of hydrogen-bond acceptors (Lipinski definition) is 2. The summed E-state index contributed by atoms with van der Waals surface area (Å²) in [6.07, 6.45) is 1.05. The van der Waals surface area contributed by atoms with Gasteiger partial charge in [-0.3, -0.25) is 0 Å². The highest BCUT2D eigenvalue weighted by Gasteiger charge is 2.23. The minimum atomic E-state index is 0.208. The molecular formula is C13H19NO. The molecular weight excluding hydrogens is 186 g/mol. The Morgan fingerprint density at radius 3 is 2.67 bits per heavy atom. The molecule has 2 N–H and O–H groups in total. The van der Waals surface area contributed by atoms with E-state index < -0.39 is 0 Å². The standard InChI is InChI=1S/C13H19NO/c1-8-4-11-6-12(10(3)14)7-15-13(11)5-9(8)2/h4-5,10,12H,6-7,14H2,1-3H3/t10-,12?/m1/s1. The molecule has 1 heterocycles. The molecule has 82 valence electrons. The van der Waals surface area contributed by atoms with Gasteiger partial charge in [-0.2, -0.15) is 0 Å². The van der Waals surface area contributed by atoms with E-state index in [9.17, 15) is 0 Å². The summed E-state index contributed by atoms with van der Waals surface area (Å²) in [6.45, 7) is 7.08. The van der Waals surface area contributed by atoms with E-state index in [1.165, 1.54) is 16.7 Å². The van der Waals surface area contributed by atoms with Crippen molar-refractivity contribution in [3.05, 3.63) is 28.8 Å². The van der Waals surface area contributed by atoms with Crippen molar-refractivity contribution >= 4 is 0 Å². The summed E-state index contributed by atoms with van der Waals surface area (Å²) in [5, 5.41) is 0. The maximum Gasteiger partial charge on any atom is 0.122 e. The number of rotatable bonds is 1. The van der Waals surface area contributed by atoms with Crippen molar-refractivity contribution < 1.29 is 4.74 Å². The fourth-order valence-electron chi connectivity index (χ4n) is 2.02. The molecule has 2 rings (SSSR count). The molecule has 2 atom stereocenters. The molecule has 0 aliphatic carbocycles. The van der Waals surface area contributed by atoms with Crippen molar-refractivity contribution in [2.75, 3.05) is 6.61 Å². The summed E-state index contributed by atoms with van der Waals surface area (Å²) < 4.78 is 5.75. The molecule has 0 spiro atoms. The first-order valence-electron chi connectivity index (χ1n) is 5.56. The minimum absolute atomic E-state index is 0.208. The van der Waals surface area contributed by atoms with Crippen LogP contribution in [0.25, 0.3) is 0 Å². The highest BCUT2D eigenvalue weighted by Crippen LogP contribution is 2.30. The lowest BCUT2D eigenvalue weighted by molar-refractivity contribution is 0.204. The Kier molecular flexibility index (Phi) is 2.70. The van der Waals surface area contributed by atoms with Gasteiger partial charge >= 0.3 is 0 Å². The van der Waals surface area contributed by atoms with Crippen molar-refractivity contribution in [2.24, 2.45) is 11.7 Å². The second-order valence-corrected chi connectivity index (χ2v) is 4.68. The van der Waals surface area contributed by atoms with Crippen molar-refractivity contribution in [1.29, 1.82) is 0 Å². The summed E-state index contributed by atoms with van der Waals surface area (Å²) in [4.78, 5) is 0. The summed E-state index contributed by atoms with van der Waals surface area (Å²) in [7, 11) is 0. The van der Waals surface area contributed by atoms with Gasteiger partial charge in [-0.15, -0.1) is 0 Å². The molecule has 0 amide bonds. The normalized spacial score (nSPS) is 21.7. The van der Waals surface area contributed by atoms with Crippen molar-refractivity contribution in [2.45, 2.75) is 33.2 Å². The van der Waals surface area contributed by atoms with Crippen LogP contribution in [0.1, 0.15) is 23.6 Å². The molecule has 2 heteroatoms. The first-order chi connectivity index (χ1) is 7.08. The Bertz CT molecular complexity index is 371. The number of benzene rings is 1. The van der Waals surface area contributed by atoms with Gasteiger partial charge in [0, 0.05) is 12.0 Å². The van der Waals surface area contributed by atoms with Crippen LogP contribution in [0.2, 0.25) is 0 Å². The van der Waals surface area contributed by atoms with E-state index in [1.807, 2.05) is 0 Å². The van der Waals surface area contributed by atoms with Gasteiger partial charge in [-0.1, -0.05) is 6.07 Å². The van der Waals surface area contributed by atoms with Crippen LogP contribution in [-0.4, -0.2) is 12.6 Å². The van der Waals surface area contributed by atoms with Crippen LogP contribution in [0.15, 0.2) is 12.1 Å². The predicted octanol–water partition coefficient (Wildman–Crippen LogP) is 2.20. The smallest absolute Gasteiger partial charge is 0.122 e. The van der Waals surface area contributed by atoms with Gasteiger partial charge in [0.2, 0.25) is 0 Å². The number of nitrogens with two attached hydrogens (primary N) is 1. The van der Waals surface area contributed by atoms with E-state index in [-0.39, 0.29) is 6.04 Å². The SMILES string of the molecule is Cc1cc2c(cc1C)OCC([C@@H](C)N)C2. The van der Waals surface area contributed by atoms with Gasteiger partial charge in [0.1, 0.15) is 5.75 Å². The first-order valence-corrected chi connectivity index (χ1v) is 5.56. The topological polar surface area (TPSA) is 35.2 Å². The third-order valence-electron chi connectivity index (χ3n) is 3.36. The zero-order chi connectivity index (χ0) is 11.0. The van der Waals surface area contributed by atoms with Crippen molar-refractivity contribution in [1.82, 2.24) is 0 Å². The van der Waals surface area contributed by atoms with Gasteiger partial charge in [-0.05, 0) is 49.9 Å². The molecule has 0 saturated carbocycles. The Balaban J connectivity index is 2.30. The zero-order valence-electron chi connectivity index (χ0n) is 9.71. The lowest BCUT2D eigenvalue weighted by Gasteiger charge is -2.28. The summed E-state index contributed by atoms with van der Waals surface area (Å²) in [5.41, 5.74) is 9.86. The van der Waals surface area contributed by atoms with Crippen molar-refractivity contribution in [3.8, 4) is 5.75 Å². The summed E-state index contributed by atoms with van der Waals surface area (Å²) in [6, 6.07) is 4.58. The van der Waals surface area contributed by atoms with Crippen LogP contribution in [0.4, 0.5) is 0 Å². The Morgan fingerprint density at radius 2 is 2.00 bits per heavy atom. The van der Waals surface area contributed by atoms with E-state index in [1.54, 1.807) is 0 Å². The molecule has 0 radical (unpaired) electrons. The Morgan fingerprint density at radius 1 is 1.33 bits per heavy atom. The number of hydrogen-bond donors (Lipinski definition) is 1. The maximum atomic E-state index is 5.91. The van der Waals surface area contributed by atoms with Crippen LogP contribution in [-0.2, 0) is 6.42 Å². The summed E-state index contributed by atoms with van der Waals surface area (Å²) >= 11 is 0. The van der Waals surface area contributed by atoms with Crippen LogP contribution in [0, 0.1) is 19.8 Å². The highest BCUT2D eigenvalue weighted by molar-refractivity contribution is 5.43. The van der Waals surface area contributed by atoms with E-state index in [0.29, 0.717) is 5.92 Å². The Hall–Kier alpha value is -1.02. The third kappa shape index (κ3) is 2.00. The van der Waals surface area contributed by atoms with E-state index >= 15 is 0 Å². The van der Waals surface area contributed by atoms with Crippen LogP contribution < -0.4 is 10.5 Å². The molecule has 1 aromatic carbocycles. The summed E-state index contributed by atoms with van der Waals surface area (Å²) in [5.74, 6) is 1.51. The zero-order valence-corrected chi connectivity index (χ0v) is 9.71. The van der Waals surface area contributed by atoms with E-state index in [0.717, 1.165) is 18.8 Å².